The third-order valence-corrected chi connectivity index (χ3v) is 5.89. The van der Waals surface area contributed by atoms with Crippen LogP contribution in [0.1, 0.15) is 35.3 Å². The minimum absolute atomic E-state index is 0.186. The summed E-state index contributed by atoms with van der Waals surface area (Å²) in [5.74, 6) is 0.563. The first-order chi connectivity index (χ1) is 14.9. The van der Waals surface area contributed by atoms with Crippen molar-refractivity contribution in [2.75, 3.05) is 39.8 Å². The summed E-state index contributed by atoms with van der Waals surface area (Å²) in [4.78, 5) is 16.9. The van der Waals surface area contributed by atoms with Gasteiger partial charge < -0.3 is 20.1 Å². The predicted molar refractivity (Wildman–Crippen MR) is 123 cm³/mol. The van der Waals surface area contributed by atoms with Crippen molar-refractivity contribution < 1.29 is 14.6 Å². The fraction of sp³-hybridized carbons (Fsp3) is 0.480. The summed E-state index contributed by atoms with van der Waals surface area (Å²) in [6, 6.07) is 16.1. The molecule has 2 N–H and O–H groups in total. The van der Waals surface area contributed by atoms with Gasteiger partial charge in [0.1, 0.15) is 12.4 Å². The smallest absolute Gasteiger partial charge is 0.251 e. The van der Waals surface area contributed by atoms with E-state index in [1.807, 2.05) is 12.1 Å². The zero-order valence-corrected chi connectivity index (χ0v) is 18.9. The summed E-state index contributed by atoms with van der Waals surface area (Å²) in [7, 11) is 2.07. The number of fused-ring (bicyclic) bond motifs is 1. The molecule has 0 radical (unpaired) electrons. The van der Waals surface area contributed by atoms with Gasteiger partial charge in [-0.1, -0.05) is 24.3 Å². The number of amides is 1. The average molecular weight is 426 g/mol. The molecule has 168 valence electrons. The minimum atomic E-state index is -0.602. The van der Waals surface area contributed by atoms with Crippen LogP contribution in [0.15, 0.2) is 48.5 Å². The number of nitrogens with one attached hydrogen (secondary N) is 1. The van der Waals surface area contributed by atoms with E-state index in [2.05, 4.69) is 60.3 Å². The first kappa shape index (κ1) is 23.3. The molecule has 0 spiro atoms. The van der Waals surface area contributed by atoms with Crippen LogP contribution in [0.2, 0.25) is 0 Å². The second kappa shape index (κ2) is 11.3. The number of hydrogen-bond acceptors (Lipinski definition) is 5. The average Bonchev–Trinajstić information content (AvgIpc) is 2.77. The van der Waals surface area contributed by atoms with Crippen molar-refractivity contribution in [3.63, 3.8) is 0 Å². The number of carbonyl (C=O) groups is 1. The van der Waals surface area contributed by atoms with E-state index in [1.54, 1.807) is 12.1 Å². The Bertz CT molecular complexity index is 838. The van der Waals surface area contributed by atoms with Crippen molar-refractivity contribution in [1.29, 1.82) is 0 Å². The molecule has 0 saturated carbocycles. The highest BCUT2D eigenvalue weighted by atomic mass is 16.5. The maximum atomic E-state index is 12.4. The Hall–Kier alpha value is -2.41. The Morgan fingerprint density at radius 1 is 1.16 bits per heavy atom. The van der Waals surface area contributed by atoms with Crippen molar-refractivity contribution in [3.8, 4) is 5.75 Å². The van der Waals surface area contributed by atoms with Crippen LogP contribution in [0, 0.1) is 0 Å². The Morgan fingerprint density at radius 2 is 1.87 bits per heavy atom. The van der Waals surface area contributed by atoms with Gasteiger partial charge in [-0.3, -0.25) is 9.69 Å². The molecule has 6 nitrogen and oxygen atoms in total. The monoisotopic (exact) mass is 425 g/mol. The molecule has 31 heavy (non-hydrogen) atoms. The van der Waals surface area contributed by atoms with Gasteiger partial charge in [-0.05, 0) is 62.7 Å². The first-order valence-electron chi connectivity index (χ1n) is 11.1. The summed E-state index contributed by atoms with van der Waals surface area (Å²) in [6.07, 6.45) is 0.395. The van der Waals surface area contributed by atoms with Crippen molar-refractivity contribution in [2.45, 2.75) is 39.0 Å². The van der Waals surface area contributed by atoms with Crippen LogP contribution in [0.4, 0.5) is 0 Å². The maximum absolute atomic E-state index is 12.4. The predicted octanol–water partition coefficient (Wildman–Crippen LogP) is 2.55. The number of carbonyl (C=O) groups excluding carboxylic acids is 1. The van der Waals surface area contributed by atoms with E-state index in [9.17, 15) is 9.90 Å². The van der Waals surface area contributed by atoms with Crippen LogP contribution in [0.3, 0.4) is 0 Å². The Kier molecular flexibility index (Phi) is 8.46. The van der Waals surface area contributed by atoms with Gasteiger partial charge in [-0.25, -0.2) is 0 Å². The molecule has 0 saturated heterocycles. The zero-order valence-electron chi connectivity index (χ0n) is 18.9. The molecule has 6 heteroatoms. The second-order valence-corrected chi connectivity index (χ2v) is 8.56. The Morgan fingerprint density at radius 3 is 2.58 bits per heavy atom. The molecular weight excluding hydrogens is 390 g/mol. The lowest BCUT2D eigenvalue weighted by Crippen LogP contribution is -2.42. The molecule has 3 rings (SSSR count). The van der Waals surface area contributed by atoms with Crippen LogP contribution >= 0.6 is 0 Å². The number of aliphatic hydroxyl groups excluding tert-OH is 1. The maximum Gasteiger partial charge on any atom is 0.251 e. The third-order valence-electron chi connectivity index (χ3n) is 5.89. The van der Waals surface area contributed by atoms with Crippen LogP contribution in [0.5, 0.6) is 5.75 Å². The first-order valence-corrected chi connectivity index (χ1v) is 11.1. The molecule has 0 fully saturated rings. The largest absolute Gasteiger partial charge is 0.492 e. The summed E-state index contributed by atoms with van der Waals surface area (Å²) >= 11 is 0. The summed E-state index contributed by atoms with van der Waals surface area (Å²) in [6.45, 7) is 8.30. The van der Waals surface area contributed by atoms with Crippen molar-refractivity contribution in [1.82, 2.24) is 15.1 Å². The fourth-order valence-corrected chi connectivity index (χ4v) is 3.65. The molecule has 1 atom stereocenters. The molecule has 1 aliphatic heterocycles. The molecule has 1 aliphatic rings. The minimum Gasteiger partial charge on any atom is -0.492 e. The topological polar surface area (TPSA) is 65.0 Å². The van der Waals surface area contributed by atoms with E-state index in [0.717, 1.165) is 31.8 Å². The molecule has 0 aliphatic carbocycles. The standard InChI is InChI=1S/C25H35N3O3/c1-19(2)27(3)14-15-31-24-10-8-21(9-11-24)25(30)26-16-23(29)18-28-13-12-20-6-4-5-7-22(20)17-28/h4-11,19,23,29H,12-18H2,1-3H3,(H,26,30)/t23-/m0/s1. The molecule has 1 heterocycles. The molecule has 2 aromatic carbocycles. The number of benzene rings is 2. The molecule has 2 aromatic rings. The fourth-order valence-electron chi connectivity index (χ4n) is 3.65. The lowest BCUT2D eigenvalue weighted by atomic mass is 10.00. The normalized spacial score (nSPS) is 15.0. The van der Waals surface area contributed by atoms with E-state index in [-0.39, 0.29) is 12.5 Å². The zero-order chi connectivity index (χ0) is 22.2. The Labute approximate surface area is 185 Å². The van der Waals surface area contributed by atoms with Gasteiger partial charge in [0.05, 0.1) is 6.10 Å². The third kappa shape index (κ3) is 7.06. The van der Waals surface area contributed by atoms with E-state index < -0.39 is 6.10 Å². The van der Waals surface area contributed by atoms with Crippen molar-refractivity contribution >= 4 is 5.91 Å². The van der Waals surface area contributed by atoms with E-state index in [4.69, 9.17) is 4.74 Å². The van der Waals surface area contributed by atoms with Crippen LogP contribution in [-0.4, -0.2) is 72.8 Å². The highest BCUT2D eigenvalue weighted by Gasteiger charge is 2.19. The summed E-state index contributed by atoms with van der Waals surface area (Å²) in [5.41, 5.74) is 3.27. The number of nitrogens with zero attached hydrogens (tertiary/aromatic N) is 2. The van der Waals surface area contributed by atoms with E-state index in [0.29, 0.717) is 24.8 Å². The lowest BCUT2D eigenvalue weighted by molar-refractivity contribution is 0.0842. The molecule has 0 unspecified atom stereocenters. The number of hydrogen-bond donors (Lipinski definition) is 2. The highest BCUT2D eigenvalue weighted by molar-refractivity contribution is 5.94. The van der Waals surface area contributed by atoms with Gasteiger partial charge in [0, 0.05) is 44.3 Å². The summed E-state index contributed by atoms with van der Waals surface area (Å²) in [5, 5.41) is 13.2. The van der Waals surface area contributed by atoms with Crippen LogP contribution < -0.4 is 10.1 Å². The van der Waals surface area contributed by atoms with Gasteiger partial charge >= 0.3 is 0 Å². The van der Waals surface area contributed by atoms with Gasteiger partial charge in [0.2, 0.25) is 0 Å². The van der Waals surface area contributed by atoms with Gasteiger partial charge in [0.15, 0.2) is 0 Å². The van der Waals surface area contributed by atoms with Crippen molar-refractivity contribution in [3.05, 3.63) is 65.2 Å². The lowest BCUT2D eigenvalue weighted by Gasteiger charge is -2.30. The van der Waals surface area contributed by atoms with Gasteiger partial charge in [-0.2, -0.15) is 0 Å². The van der Waals surface area contributed by atoms with Gasteiger partial charge in [-0.15, -0.1) is 0 Å². The number of rotatable bonds is 10. The number of likely N-dealkylation sites (N-methyl/N-ethyl adjacent to an activating group) is 1. The number of ether oxygens (including phenoxy) is 1. The van der Waals surface area contributed by atoms with Crippen LogP contribution in [-0.2, 0) is 13.0 Å². The van der Waals surface area contributed by atoms with E-state index in [1.165, 1.54) is 11.1 Å². The highest BCUT2D eigenvalue weighted by Crippen LogP contribution is 2.18. The van der Waals surface area contributed by atoms with E-state index >= 15 is 0 Å². The molecule has 0 aromatic heterocycles. The Balaban J connectivity index is 1.39. The quantitative estimate of drug-likeness (QED) is 0.613. The molecule has 1 amide bonds. The van der Waals surface area contributed by atoms with Crippen molar-refractivity contribution in [2.24, 2.45) is 0 Å². The second-order valence-electron chi connectivity index (χ2n) is 8.56. The number of aliphatic hydroxyl groups is 1. The molecular formula is C25H35N3O3. The summed E-state index contributed by atoms with van der Waals surface area (Å²) < 4.78 is 5.75. The number of β-amino-alcohol motifs (C(OH)–C–C–N with tert-alkyl or cyclic N) is 1. The van der Waals surface area contributed by atoms with Gasteiger partial charge in [0.25, 0.3) is 5.91 Å². The molecule has 0 bridgehead atoms. The van der Waals surface area contributed by atoms with Crippen LogP contribution in [0.25, 0.3) is 0 Å². The SMILES string of the molecule is CC(C)N(C)CCOc1ccc(C(=O)NC[C@H](O)CN2CCc3ccccc3C2)cc1.